The third-order valence-corrected chi connectivity index (χ3v) is 7.22. The first-order valence-electron chi connectivity index (χ1n) is 10.9. The number of piperidine rings is 1. The minimum absolute atomic E-state index is 0.159. The minimum Gasteiger partial charge on any atom is -0.379 e. The van der Waals surface area contributed by atoms with Gasteiger partial charge < -0.3 is 15.4 Å². The summed E-state index contributed by atoms with van der Waals surface area (Å²) < 4.78 is 32.4. The molecule has 1 aromatic rings. The Bertz CT molecular complexity index is 831. The van der Waals surface area contributed by atoms with E-state index in [4.69, 9.17) is 4.74 Å². The van der Waals surface area contributed by atoms with Crippen molar-refractivity contribution < 1.29 is 22.7 Å². The molecule has 174 valence electrons. The smallest absolute Gasteiger partial charge is 0.243 e. The van der Waals surface area contributed by atoms with Crippen LogP contribution in [0.4, 0.5) is 0 Å². The number of nitrogens with one attached hydrogen (secondary N) is 2. The molecule has 0 spiro atoms. The topological polar surface area (TPSA) is 105 Å². The second kappa shape index (κ2) is 11.6. The maximum absolute atomic E-state index is 12.8. The van der Waals surface area contributed by atoms with E-state index in [0.717, 1.165) is 5.56 Å². The average molecular weight is 454 g/mol. The quantitative estimate of drug-likeness (QED) is 0.526. The van der Waals surface area contributed by atoms with Crippen LogP contribution in [-0.4, -0.2) is 62.9 Å². The van der Waals surface area contributed by atoms with Crippen molar-refractivity contribution in [3.63, 3.8) is 0 Å². The van der Waals surface area contributed by atoms with Crippen molar-refractivity contribution in [1.82, 2.24) is 14.9 Å². The Kier molecular flexibility index (Phi) is 9.46. The maximum atomic E-state index is 12.8. The Labute approximate surface area is 185 Å². The Balaban J connectivity index is 1.77. The van der Waals surface area contributed by atoms with Gasteiger partial charge in [0.1, 0.15) is 6.04 Å². The van der Waals surface area contributed by atoms with Gasteiger partial charge in [0.15, 0.2) is 0 Å². The molecule has 2 N–H and O–H groups in total. The number of sulfonamides is 1. The van der Waals surface area contributed by atoms with Crippen molar-refractivity contribution >= 4 is 21.8 Å². The molecule has 1 aliphatic heterocycles. The molecule has 1 aliphatic rings. The Hall–Kier alpha value is -1.97. The van der Waals surface area contributed by atoms with Crippen LogP contribution >= 0.6 is 0 Å². The molecule has 1 fully saturated rings. The van der Waals surface area contributed by atoms with E-state index < -0.39 is 16.1 Å². The minimum atomic E-state index is -3.56. The molecular formula is C22H35N3O5S. The van der Waals surface area contributed by atoms with E-state index in [9.17, 15) is 18.0 Å². The van der Waals surface area contributed by atoms with Gasteiger partial charge in [-0.3, -0.25) is 9.59 Å². The fourth-order valence-corrected chi connectivity index (χ4v) is 4.84. The molecule has 0 bridgehead atoms. The molecule has 31 heavy (non-hydrogen) atoms. The van der Waals surface area contributed by atoms with Crippen molar-refractivity contribution in [2.45, 2.75) is 64.0 Å². The fourth-order valence-electron chi connectivity index (χ4n) is 3.37. The Morgan fingerprint density at radius 3 is 2.32 bits per heavy atom. The summed E-state index contributed by atoms with van der Waals surface area (Å²) in [6.45, 7) is 9.09. The first kappa shape index (κ1) is 25.3. The number of hydrogen-bond donors (Lipinski definition) is 2. The highest BCUT2D eigenvalue weighted by Crippen LogP contribution is 2.24. The molecule has 1 atom stereocenters. The first-order chi connectivity index (χ1) is 14.6. The number of aryl methyl sites for hydroxylation is 1. The van der Waals surface area contributed by atoms with E-state index >= 15 is 0 Å². The molecule has 8 nitrogen and oxygen atoms in total. The molecule has 2 amide bonds. The number of nitrogens with zero attached hydrogens (tertiary/aromatic N) is 1. The number of carbonyl (C=O) groups is 2. The molecule has 0 radical (unpaired) electrons. The van der Waals surface area contributed by atoms with Crippen LogP contribution in [0.2, 0.25) is 0 Å². The molecule has 1 aromatic carbocycles. The van der Waals surface area contributed by atoms with Crippen molar-refractivity contribution in [2.75, 3.05) is 26.2 Å². The predicted octanol–water partition coefficient (Wildman–Crippen LogP) is 1.83. The summed E-state index contributed by atoms with van der Waals surface area (Å²) in [5.74, 6) is -0.755. The number of carbonyl (C=O) groups excluding carboxylic acids is 2. The van der Waals surface area contributed by atoms with E-state index in [1.54, 1.807) is 31.2 Å². The van der Waals surface area contributed by atoms with E-state index in [0.29, 0.717) is 32.4 Å². The van der Waals surface area contributed by atoms with Gasteiger partial charge in [-0.25, -0.2) is 8.42 Å². The van der Waals surface area contributed by atoms with Gasteiger partial charge >= 0.3 is 0 Å². The van der Waals surface area contributed by atoms with Crippen molar-refractivity contribution in [1.29, 1.82) is 0 Å². The molecule has 0 aromatic heterocycles. The lowest BCUT2D eigenvalue weighted by atomic mass is 9.97. The van der Waals surface area contributed by atoms with Gasteiger partial charge in [0.05, 0.1) is 11.0 Å². The van der Waals surface area contributed by atoms with Crippen LogP contribution < -0.4 is 10.6 Å². The molecule has 0 aliphatic carbocycles. The third-order valence-electron chi connectivity index (χ3n) is 5.31. The van der Waals surface area contributed by atoms with E-state index in [-0.39, 0.29) is 41.8 Å². The normalized spacial score (nSPS) is 16.8. The van der Waals surface area contributed by atoms with E-state index in [2.05, 4.69) is 10.6 Å². The highest BCUT2D eigenvalue weighted by atomic mass is 32.2. The zero-order valence-corrected chi connectivity index (χ0v) is 19.7. The zero-order chi connectivity index (χ0) is 23.0. The lowest BCUT2D eigenvalue weighted by molar-refractivity contribution is -0.131. The summed E-state index contributed by atoms with van der Waals surface area (Å²) >= 11 is 0. The van der Waals surface area contributed by atoms with Gasteiger partial charge in [-0.1, -0.05) is 17.7 Å². The lowest BCUT2D eigenvalue weighted by Crippen LogP contribution is -2.49. The summed E-state index contributed by atoms with van der Waals surface area (Å²) in [5.41, 5.74) is 0.997. The average Bonchev–Trinajstić information content (AvgIpc) is 2.73. The standard InChI is InChI=1S/C22H35N3O5S/c1-16(2)30-15-5-12-23-21(26)18(4)24-22(27)19-10-13-25(14-11-19)31(28,29)20-8-6-17(3)7-9-20/h6-9,16,18-19H,5,10-15H2,1-4H3,(H,23,26)(H,24,27). The molecule has 1 unspecified atom stereocenters. The molecule has 1 saturated heterocycles. The molecule has 2 rings (SSSR count). The van der Waals surface area contributed by atoms with Gasteiger partial charge in [-0.05, 0) is 59.1 Å². The Morgan fingerprint density at radius 1 is 1.13 bits per heavy atom. The second-order valence-corrected chi connectivity index (χ2v) is 10.2. The number of benzene rings is 1. The number of rotatable bonds is 10. The number of amides is 2. The van der Waals surface area contributed by atoms with Gasteiger partial charge in [0.2, 0.25) is 21.8 Å². The summed E-state index contributed by atoms with van der Waals surface area (Å²) in [7, 11) is -3.56. The van der Waals surface area contributed by atoms with Gasteiger partial charge in [0, 0.05) is 32.2 Å². The molecule has 9 heteroatoms. The zero-order valence-electron chi connectivity index (χ0n) is 18.9. The highest BCUT2D eigenvalue weighted by molar-refractivity contribution is 7.89. The summed E-state index contributed by atoms with van der Waals surface area (Å²) in [5, 5.41) is 5.54. The highest BCUT2D eigenvalue weighted by Gasteiger charge is 2.32. The summed E-state index contributed by atoms with van der Waals surface area (Å²) in [4.78, 5) is 25.0. The van der Waals surface area contributed by atoms with Crippen LogP contribution in [0.15, 0.2) is 29.2 Å². The third kappa shape index (κ3) is 7.59. The summed E-state index contributed by atoms with van der Waals surface area (Å²) in [6.07, 6.45) is 1.72. The largest absolute Gasteiger partial charge is 0.379 e. The second-order valence-electron chi connectivity index (χ2n) is 8.29. The molecule has 0 saturated carbocycles. The van der Waals surface area contributed by atoms with Crippen LogP contribution in [0.5, 0.6) is 0 Å². The van der Waals surface area contributed by atoms with Crippen LogP contribution in [0.3, 0.4) is 0 Å². The van der Waals surface area contributed by atoms with Crippen molar-refractivity contribution in [3.8, 4) is 0 Å². The lowest BCUT2D eigenvalue weighted by Gasteiger charge is -2.31. The van der Waals surface area contributed by atoms with E-state index in [1.165, 1.54) is 4.31 Å². The van der Waals surface area contributed by atoms with Gasteiger partial charge in [0.25, 0.3) is 0 Å². The first-order valence-corrected chi connectivity index (χ1v) is 12.3. The Morgan fingerprint density at radius 2 is 1.74 bits per heavy atom. The van der Waals surface area contributed by atoms with Crippen molar-refractivity contribution in [2.24, 2.45) is 5.92 Å². The van der Waals surface area contributed by atoms with Gasteiger partial charge in [-0.2, -0.15) is 4.31 Å². The fraction of sp³-hybridized carbons (Fsp3) is 0.636. The maximum Gasteiger partial charge on any atom is 0.243 e. The van der Waals surface area contributed by atoms with Crippen LogP contribution in [0.1, 0.15) is 45.6 Å². The number of ether oxygens (including phenoxy) is 1. The number of hydrogen-bond acceptors (Lipinski definition) is 5. The van der Waals surface area contributed by atoms with Crippen molar-refractivity contribution in [3.05, 3.63) is 29.8 Å². The van der Waals surface area contributed by atoms with Crippen LogP contribution in [-0.2, 0) is 24.3 Å². The van der Waals surface area contributed by atoms with Crippen LogP contribution in [0, 0.1) is 12.8 Å². The SMILES string of the molecule is Cc1ccc(S(=O)(=O)N2CCC(C(=O)NC(C)C(=O)NCCCOC(C)C)CC2)cc1. The monoisotopic (exact) mass is 453 g/mol. The molecule has 1 heterocycles. The molecular weight excluding hydrogens is 418 g/mol. The van der Waals surface area contributed by atoms with Gasteiger partial charge in [-0.15, -0.1) is 0 Å². The predicted molar refractivity (Wildman–Crippen MR) is 119 cm³/mol. The van der Waals surface area contributed by atoms with Crippen LogP contribution in [0.25, 0.3) is 0 Å². The van der Waals surface area contributed by atoms with E-state index in [1.807, 2.05) is 20.8 Å². The summed E-state index contributed by atoms with van der Waals surface area (Å²) in [6, 6.07) is 6.12.